The number of carbonyl (C=O) groups is 1. The van der Waals surface area contributed by atoms with Gasteiger partial charge in [-0.3, -0.25) is 9.69 Å². The molecule has 0 atom stereocenters. The molecule has 0 unspecified atom stereocenters. The Morgan fingerprint density at radius 3 is 2.71 bits per heavy atom. The SMILES string of the molecule is CC(C)(C)OC(=O)N1Cc2cc[nH]c(=O)c2C1. The Kier molecular flexibility index (Phi) is 2.69. The first-order chi connectivity index (χ1) is 7.87. The van der Waals surface area contributed by atoms with E-state index in [1.807, 2.05) is 26.8 Å². The van der Waals surface area contributed by atoms with Gasteiger partial charge in [0, 0.05) is 18.3 Å². The van der Waals surface area contributed by atoms with Gasteiger partial charge in [-0.1, -0.05) is 0 Å². The molecule has 0 saturated carbocycles. The minimum Gasteiger partial charge on any atom is -0.444 e. The van der Waals surface area contributed by atoms with E-state index < -0.39 is 5.60 Å². The van der Waals surface area contributed by atoms with Gasteiger partial charge in [0.15, 0.2) is 0 Å². The molecule has 0 aromatic carbocycles. The molecule has 5 heteroatoms. The molecule has 0 radical (unpaired) electrons. The second-order valence-corrected chi connectivity index (χ2v) is 5.15. The zero-order valence-electron chi connectivity index (χ0n) is 10.2. The topological polar surface area (TPSA) is 62.4 Å². The van der Waals surface area contributed by atoms with E-state index in [1.165, 1.54) is 4.90 Å². The lowest BCUT2D eigenvalue weighted by Gasteiger charge is -2.24. The fourth-order valence-corrected chi connectivity index (χ4v) is 1.78. The number of ether oxygens (including phenoxy) is 1. The number of nitrogens with one attached hydrogen (secondary N) is 1. The number of hydrogen-bond acceptors (Lipinski definition) is 3. The number of rotatable bonds is 0. The van der Waals surface area contributed by atoms with E-state index in [9.17, 15) is 9.59 Å². The summed E-state index contributed by atoms with van der Waals surface area (Å²) in [5.74, 6) is 0. The molecule has 1 aromatic heterocycles. The molecule has 0 bridgehead atoms. The summed E-state index contributed by atoms with van der Waals surface area (Å²) in [6.07, 6.45) is 1.22. The van der Waals surface area contributed by atoms with Crippen molar-refractivity contribution in [3.8, 4) is 0 Å². The monoisotopic (exact) mass is 236 g/mol. The number of aromatic amines is 1. The maximum absolute atomic E-state index is 11.8. The van der Waals surface area contributed by atoms with Gasteiger partial charge in [-0.15, -0.1) is 0 Å². The van der Waals surface area contributed by atoms with Gasteiger partial charge in [-0.05, 0) is 32.4 Å². The van der Waals surface area contributed by atoms with Crippen LogP contribution < -0.4 is 5.56 Å². The molecular formula is C12H16N2O3. The summed E-state index contributed by atoms with van der Waals surface area (Å²) < 4.78 is 5.27. The van der Waals surface area contributed by atoms with Crippen molar-refractivity contribution >= 4 is 6.09 Å². The van der Waals surface area contributed by atoms with Crippen molar-refractivity contribution in [2.45, 2.75) is 39.5 Å². The van der Waals surface area contributed by atoms with Gasteiger partial charge in [0.25, 0.3) is 5.56 Å². The molecule has 1 aliphatic heterocycles. The maximum Gasteiger partial charge on any atom is 0.410 e. The second kappa shape index (κ2) is 3.91. The van der Waals surface area contributed by atoms with Gasteiger partial charge in [0.05, 0.1) is 6.54 Å². The number of amides is 1. The first-order valence-electron chi connectivity index (χ1n) is 5.54. The molecule has 1 amide bonds. The van der Waals surface area contributed by atoms with Crippen LogP contribution in [0, 0.1) is 0 Å². The summed E-state index contributed by atoms with van der Waals surface area (Å²) in [5.41, 5.74) is 0.893. The number of nitrogens with zero attached hydrogens (tertiary/aromatic N) is 1. The van der Waals surface area contributed by atoms with Crippen LogP contribution in [0.5, 0.6) is 0 Å². The number of fused-ring (bicyclic) bond motifs is 1. The number of hydrogen-bond donors (Lipinski definition) is 1. The van der Waals surface area contributed by atoms with Gasteiger partial charge < -0.3 is 9.72 Å². The van der Waals surface area contributed by atoms with Crippen molar-refractivity contribution in [2.75, 3.05) is 0 Å². The molecule has 1 aromatic rings. The highest BCUT2D eigenvalue weighted by Crippen LogP contribution is 2.21. The van der Waals surface area contributed by atoms with Crippen LogP contribution in [-0.2, 0) is 17.8 Å². The molecule has 92 valence electrons. The van der Waals surface area contributed by atoms with Crippen LogP contribution in [0.15, 0.2) is 17.1 Å². The van der Waals surface area contributed by atoms with Crippen LogP contribution in [0.1, 0.15) is 31.9 Å². The third kappa shape index (κ3) is 2.49. The van der Waals surface area contributed by atoms with Gasteiger partial charge in [0.1, 0.15) is 5.60 Å². The minimum atomic E-state index is -0.516. The quantitative estimate of drug-likeness (QED) is 0.744. The van der Waals surface area contributed by atoms with E-state index in [0.29, 0.717) is 18.7 Å². The van der Waals surface area contributed by atoms with Crippen molar-refractivity contribution in [1.29, 1.82) is 0 Å². The van der Waals surface area contributed by atoms with Crippen LogP contribution >= 0.6 is 0 Å². The van der Waals surface area contributed by atoms with Gasteiger partial charge in [-0.25, -0.2) is 4.79 Å². The van der Waals surface area contributed by atoms with Crippen molar-refractivity contribution < 1.29 is 9.53 Å². The lowest BCUT2D eigenvalue weighted by molar-refractivity contribution is 0.0241. The van der Waals surface area contributed by atoms with Gasteiger partial charge >= 0.3 is 6.09 Å². The summed E-state index contributed by atoms with van der Waals surface area (Å²) in [4.78, 5) is 27.5. The Bertz CT molecular complexity index is 499. The highest BCUT2D eigenvalue weighted by atomic mass is 16.6. The average Bonchev–Trinajstić information content (AvgIpc) is 2.60. The molecule has 2 heterocycles. The zero-order chi connectivity index (χ0) is 12.6. The fraction of sp³-hybridized carbons (Fsp3) is 0.500. The predicted molar refractivity (Wildman–Crippen MR) is 62.5 cm³/mol. The molecule has 0 fully saturated rings. The summed E-state index contributed by atoms with van der Waals surface area (Å²) in [7, 11) is 0. The lowest BCUT2D eigenvalue weighted by Crippen LogP contribution is -2.33. The third-order valence-electron chi connectivity index (χ3n) is 2.52. The smallest absolute Gasteiger partial charge is 0.410 e. The molecule has 1 aliphatic rings. The van der Waals surface area contributed by atoms with Crippen LogP contribution in [0.4, 0.5) is 4.79 Å². The van der Waals surface area contributed by atoms with Crippen LogP contribution in [0.3, 0.4) is 0 Å². The maximum atomic E-state index is 11.8. The number of aromatic nitrogens is 1. The Balaban J connectivity index is 2.13. The molecule has 17 heavy (non-hydrogen) atoms. The van der Waals surface area contributed by atoms with E-state index in [0.717, 1.165) is 5.56 Å². The Hall–Kier alpha value is -1.78. The van der Waals surface area contributed by atoms with E-state index in [4.69, 9.17) is 4.74 Å². The first kappa shape index (κ1) is 11.7. The summed E-state index contributed by atoms with van der Waals surface area (Å²) >= 11 is 0. The molecular weight excluding hydrogens is 220 g/mol. The van der Waals surface area contributed by atoms with E-state index in [1.54, 1.807) is 6.20 Å². The average molecular weight is 236 g/mol. The summed E-state index contributed by atoms with van der Waals surface area (Å²) in [5, 5.41) is 0. The van der Waals surface area contributed by atoms with Crippen LogP contribution in [-0.4, -0.2) is 21.6 Å². The zero-order valence-corrected chi connectivity index (χ0v) is 10.2. The molecule has 2 rings (SSSR count). The second-order valence-electron chi connectivity index (χ2n) is 5.15. The van der Waals surface area contributed by atoms with Crippen molar-refractivity contribution in [3.63, 3.8) is 0 Å². The Labute approximate surface area is 99.4 Å². The number of pyridine rings is 1. The van der Waals surface area contributed by atoms with Crippen LogP contribution in [0.25, 0.3) is 0 Å². The van der Waals surface area contributed by atoms with E-state index >= 15 is 0 Å². The van der Waals surface area contributed by atoms with Gasteiger partial charge in [-0.2, -0.15) is 0 Å². The third-order valence-corrected chi connectivity index (χ3v) is 2.52. The Morgan fingerprint density at radius 1 is 1.41 bits per heavy atom. The molecule has 0 aliphatic carbocycles. The number of carbonyl (C=O) groups excluding carboxylic acids is 1. The van der Waals surface area contributed by atoms with E-state index in [2.05, 4.69) is 4.98 Å². The lowest BCUT2D eigenvalue weighted by atomic mass is 10.2. The highest BCUT2D eigenvalue weighted by Gasteiger charge is 2.28. The summed E-state index contributed by atoms with van der Waals surface area (Å²) in [6.45, 7) is 6.22. The molecule has 0 spiro atoms. The first-order valence-corrected chi connectivity index (χ1v) is 5.54. The Morgan fingerprint density at radius 2 is 2.12 bits per heavy atom. The molecule has 0 saturated heterocycles. The predicted octanol–water partition coefficient (Wildman–Crippen LogP) is 1.63. The van der Waals surface area contributed by atoms with Crippen LogP contribution in [0.2, 0.25) is 0 Å². The van der Waals surface area contributed by atoms with Crippen molar-refractivity contribution in [2.24, 2.45) is 0 Å². The van der Waals surface area contributed by atoms with Crippen molar-refractivity contribution in [3.05, 3.63) is 33.7 Å². The normalized spacial score (nSPS) is 14.6. The minimum absolute atomic E-state index is 0.131. The standard InChI is InChI=1S/C12H16N2O3/c1-12(2,3)17-11(16)14-6-8-4-5-13-10(15)9(8)7-14/h4-5H,6-7H2,1-3H3,(H,13,15). The highest BCUT2D eigenvalue weighted by molar-refractivity contribution is 5.69. The summed E-state index contributed by atoms with van der Waals surface area (Å²) in [6, 6.07) is 1.82. The number of H-pyrrole nitrogens is 1. The van der Waals surface area contributed by atoms with Crippen molar-refractivity contribution in [1.82, 2.24) is 9.88 Å². The van der Waals surface area contributed by atoms with E-state index in [-0.39, 0.29) is 11.7 Å². The molecule has 5 nitrogen and oxygen atoms in total. The molecule has 1 N–H and O–H groups in total. The van der Waals surface area contributed by atoms with Gasteiger partial charge in [0.2, 0.25) is 0 Å². The fourth-order valence-electron chi connectivity index (χ4n) is 1.78. The largest absolute Gasteiger partial charge is 0.444 e.